The van der Waals surface area contributed by atoms with Crippen molar-refractivity contribution in [1.29, 1.82) is 0 Å². The third-order valence-corrected chi connectivity index (χ3v) is 6.43. The third kappa shape index (κ3) is 2.31. The molecule has 4 heteroatoms. The Labute approximate surface area is 127 Å². The zero-order chi connectivity index (χ0) is 14.3. The Morgan fingerprint density at radius 2 is 1.57 bits per heavy atom. The van der Waals surface area contributed by atoms with Gasteiger partial charge in [0.05, 0.1) is 13.2 Å². The first kappa shape index (κ1) is 14.0. The fraction of sp³-hybridized carbons (Fsp3) is 0.941. The van der Waals surface area contributed by atoms with Gasteiger partial charge < -0.3 is 9.64 Å². The van der Waals surface area contributed by atoms with Crippen LogP contribution in [0.1, 0.15) is 44.9 Å². The number of hydrogen-bond acceptors (Lipinski definition) is 3. The molecule has 0 N–H and O–H groups in total. The molecule has 4 nitrogen and oxygen atoms in total. The summed E-state index contributed by atoms with van der Waals surface area (Å²) in [6, 6.07) is 0. The van der Waals surface area contributed by atoms with Gasteiger partial charge in [-0.25, -0.2) is 0 Å². The third-order valence-electron chi connectivity index (χ3n) is 6.43. The van der Waals surface area contributed by atoms with Gasteiger partial charge in [-0.05, 0) is 37.5 Å². The van der Waals surface area contributed by atoms with E-state index in [1.807, 2.05) is 0 Å². The number of morpholine rings is 1. The van der Waals surface area contributed by atoms with E-state index in [1.54, 1.807) is 0 Å². The average molecular weight is 292 g/mol. The summed E-state index contributed by atoms with van der Waals surface area (Å²) in [5.41, 5.74) is 0.208. The van der Waals surface area contributed by atoms with Crippen LogP contribution in [0.15, 0.2) is 0 Å². The monoisotopic (exact) mass is 292 g/mol. The predicted molar refractivity (Wildman–Crippen MR) is 81.0 cm³/mol. The van der Waals surface area contributed by atoms with Crippen LogP contribution in [0.3, 0.4) is 0 Å². The lowest BCUT2D eigenvalue weighted by molar-refractivity contribution is -0.133. The number of hydrogen-bond donors (Lipinski definition) is 0. The highest BCUT2D eigenvalue weighted by Crippen LogP contribution is 2.63. The number of carbonyl (C=O) groups is 1. The molecule has 1 unspecified atom stereocenters. The van der Waals surface area contributed by atoms with Crippen LogP contribution in [0.2, 0.25) is 0 Å². The molecule has 2 saturated heterocycles. The minimum Gasteiger partial charge on any atom is -0.379 e. The van der Waals surface area contributed by atoms with Crippen LogP contribution in [-0.4, -0.2) is 60.6 Å². The number of likely N-dealkylation sites (tertiary alicyclic amines) is 1. The molecule has 2 aliphatic heterocycles. The Hall–Kier alpha value is -0.610. The van der Waals surface area contributed by atoms with Crippen molar-refractivity contribution < 1.29 is 9.53 Å². The normalized spacial score (nSPS) is 40.1. The zero-order valence-electron chi connectivity index (χ0n) is 13.1. The molecule has 2 heterocycles. The first-order chi connectivity index (χ1) is 10.3. The summed E-state index contributed by atoms with van der Waals surface area (Å²) < 4.78 is 5.54. The number of fused-ring (bicyclic) bond motifs is 1. The maximum Gasteiger partial charge on any atom is 0.224 e. The van der Waals surface area contributed by atoms with Crippen molar-refractivity contribution in [2.24, 2.45) is 11.8 Å². The Morgan fingerprint density at radius 3 is 2.19 bits per heavy atom. The minimum atomic E-state index is 0.208. The summed E-state index contributed by atoms with van der Waals surface area (Å²) in [5.74, 6) is 2.00. The lowest BCUT2D eigenvalue weighted by Crippen LogP contribution is -2.49. The molecule has 0 radical (unpaired) electrons. The molecule has 0 aromatic rings. The summed E-state index contributed by atoms with van der Waals surface area (Å²) in [5, 5.41) is 0. The highest BCUT2D eigenvalue weighted by atomic mass is 16.5. The SMILES string of the molecule is O=C(CC1(N2CCOCC2)[C@@H]2CCCC[C@@H]21)N1CCCC1. The van der Waals surface area contributed by atoms with Gasteiger partial charge in [0.2, 0.25) is 5.91 Å². The van der Waals surface area contributed by atoms with Gasteiger partial charge in [-0.1, -0.05) is 12.8 Å². The highest BCUT2D eigenvalue weighted by molar-refractivity contribution is 5.78. The van der Waals surface area contributed by atoms with Gasteiger partial charge in [-0.15, -0.1) is 0 Å². The summed E-state index contributed by atoms with van der Waals surface area (Å²) >= 11 is 0. The number of rotatable bonds is 3. The van der Waals surface area contributed by atoms with E-state index in [0.717, 1.165) is 57.6 Å². The highest BCUT2D eigenvalue weighted by Gasteiger charge is 2.67. The van der Waals surface area contributed by atoms with Crippen LogP contribution in [-0.2, 0) is 9.53 Å². The maximum absolute atomic E-state index is 12.8. The molecule has 2 aliphatic carbocycles. The summed E-state index contributed by atoms with van der Waals surface area (Å²) in [4.78, 5) is 17.5. The van der Waals surface area contributed by atoms with Crippen molar-refractivity contribution in [3.8, 4) is 0 Å². The van der Waals surface area contributed by atoms with Crippen molar-refractivity contribution in [2.45, 2.75) is 50.5 Å². The van der Waals surface area contributed by atoms with Gasteiger partial charge >= 0.3 is 0 Å². The molecule has 0 spiro atoms. The number of ether oxygens (including phenoxy) is 1. The van der Waals surface area contributed by atoms with Gasteiger partial charge in [0.25, 0.3) is 0 Å². The smallest absolute Gasteiger partial charge is 0.224 e. The standard InChI is InChI=1S/C17H28N2O2/c20-16(18-7-3-4-8-18)13-17(19-9-11-21-12-10-19)14-5-1-2-6-15(14)17/h14-15H,1-13H2/t14-,15+,17?. The van der Waals surface area contributed by atoms with E-state index in [1.165, 1.54) is 38.5 Å². The van der Waals surface area contributed by atoms with E-state index in [9.17, 15) is 4.79 Å². The van der Waals surface area contributed by atoms with Gasteiger partial charge in [0, 0.05) is 38.1 Å². The van der Waals surface area contributed by atoms with Crippen LogP contribution in [0, 0.1) is 11.8 Å². The largest absolute Gasteiger partial charge is 0.379 e. The Morgan fingerprint density at radius 1 is 0.952 bits per heavy atom. The molecule has 1 amide bonds. The van der Waals surface area contributed by atoms with Gasteiger partial charge in [0.1, 0.15) is 0 Å². The van der Waals surface area contributed by atoms with Crippen molar-refractivity contribution >= 4 is 5.91 Å². The predicted octanol–water partition coefficient (Wildman–Crippen LogP) is 1.89. The Balaban J connectivity index is 1.51. The van der Waals surface area contributed by atoms with Crippen LogP contribution in [0.4, 0.5) is 0 Å². The fourth-order valence-corrected chi connectivity index (χ4v) is 5.36. The van der Waals surface area contributed by atoms with E-state index in [-0.39, 0.29) is 5.54 Å². The minimum absolute atomic E-state index is 0.208. The first-order valence-corrected chi connectivity index (χ1v) is 8.93. The Kier molecular flexibility index (Phi) is 3.70. The van der Waals surface area contributed by atoms with Crippen LogP contribution < -0.4 is 0 Å². The average Bonchev–Trinajstić information content (AvgIpc) is 2.91. The number of carbonyl (C=O) groups excluding carboxylic acids is 1. The second kappa shape index (κ2) is 5.54. The molecule has 0 aromatic heterocycles. The quantitative estimate of drug-likeness (QED) is 0.796. The maximum atomic E-state index is 12.8. The summed E-state index contributed by atoms with van der Waals surface area (Å²) in [6.45, 7) is 5.74. The number of amides is 1. The summed E-state index contributed by atoms with van der Waals surface area (Å²) in [7, 11) is 0. The molecule has 2 saturated carbocycles. The van der Waals surface area contributed by atoms with Crippen molar-refractivity contribution in [1.82, 2.24) is 9.80 Å². The number of nitrogens with zero attached hydrogens (tertiary/aromatic N) is 2. The molecule has 21 heavy (non-hydrogen) atoms. The van der Waals surface area contributed by atoms with E-state index in [4.69, 9.17) is 4.74 Å². The van der Waals surface area contributed by atoms with Crippen molar-refractivity contribution in [3.63, 3.8) is 0 Å². The molecule has 0 bridgehead atoms. The van der Waals surface area contributed by atoms with Crippen molar-refractivity contribution in [3.05, 3.63) is 0 Å². The first-order valence-electron chi connectivity index (χ1n) is 8.93. The van der Waals surface area contributed by atoms with Crippen LogP contribution in [0.25, 0.3) is 0 Å². The summed E-state index contributed by atoms with van der Waals surface area (Å²) in [6.07, 6.45) is 8.59. The topological polar surface area (TPSA) is 32.8 Å². The molecule has 4 rings (SSSR count). The van der Waals surface area contributed by atoms with E-state index < -0.39 is 0 Å². The van der Waals surface area contributed by atoms with E-state index >= 15 is 0 Å². The van der Waals surface area contributed by atoms with Crippen LogP contribution >= 0.6 is 0 Å². The van der Waals surface area contributed by atoms with Gasteiger partial charge in [-0.3, -0.25) is 9.69 Å². The molecule has 4 aliphatic rings. The second-order valence-electron chi connectivity index (χ2n) is 7.35. The second-order valence-corrected chi connectivity index (χ2v) is 7.35. The van der Waals surface area contributed by atoms with Gasteiger partial charge in [0.15, 0.2) is 0 Å². The molecule has 3 atom stereocenters. The molecular weight excluding hydrogens is 264 g/mol. The lowest BCUT2D eigenvalue weighted by Gasteiger charge is -2.37. The van der Waals surface area contributed by atoms with Crippen LogP contribution in [0.5, 0.6) is 0 Å². The van der Waals surface area contributed by atoms with E-state index in [0.29, 0.717) is 5.91 Å². The molecule has 0 aromatic carbocycles. The molecular formula is C17H28N2O2. The van der Waals surface area contributed by atoms with Gasteiger partial charge in [-0.2, -0.15) is 0 Å². The molecule has 4 fully saturated rings. The van der Waals surface area contributed by atoms with E-state index in [2.05, 4.69) is 9.80 Å². The Bertz CT molecular complexity index is 388. The molecule has 118 valence electrons. The fourth-order valence-electron chi connectivity index (χ4n) is 5.36. The van der Waals surface area contributed by atoms with Crippen molar-refractivity contribution in [2.75, 3.05) is 39.4 Å². The lowest BCUT2D eigenvalue weighted by atomic mass is 10.0. The zero-order valence-corrected chi connectivity index (χ0v) is 13.1.